The van der Waals surface area contributed by atoms with Crippen LogP contribution < -0.4 is 10.1 Å². The summed E-state index contributed by atoms with van der Waals surface area (Å²) in [5.41, 5.74) is 1.55. The molecule has 1 atom stereocenters. The van der Waals surface area contributed by atoms with Crippen LogP contribution in [0.3, 0.4) is 0 Å². The van der Waals surface area contributed by atoms with E-state index in [1.807, 2.05) is 0 Å². The molecule has 1 aliphatic rings. The first kappa shape index (κ1) is 12.2. The molecule has 0 amide bonds. The van der Waals surface area contributed by atoms with E-state index in [0.717, 1.165) is 31.4 Å². The number of aromatic hydroxyl groups is 1. The summed E-state index contributed by atoms with van der Waals surface area (Å²) in [4.78, 5) is 0. The van der Waals surface area contributed by atoms with Gasteiger partial charge in [-0.2, -0.15) is 0 Å². The predicted octanol–water partition coefficient (Wildman–Crippen LogP) is 2.14. The quantitative estimate of drug-likeness (QED) is 0.849. The van der Waals surface area contributed by atoms with Gasteiger partial charge in [-0.3, -0.25) is 0 Å². The molecule has 0 aliphatic carbocycles. The van der Waals surface area contributed by atoms with Crippen molar-refractivity contribution < 1.29 is 14.2 Å². The van der Waals surface area contributed by atoms with Crippen LogP contribution in [0.5, 0.6) is 11.5 Å². The third-order valence-corrected chi connectivity index (χ3v) is 3.40. The van der Waals surface area contributed by atoms with Gasteiger partial charge in [0.1, 0.15) is 0 Å². The number of phenols is 1. The van der Waals surface area contributed by atoms with Crippen molar-refractivity contribution in [3.63, 3.8) is 0 Å². The molecule has 1 saturated heterocycles. The molecular formula is C13H18FNO2. The first-order valence-electron chi connectivity index (χ1n) is 5.91. The number of ether oxygens (including phenoxy) is 1. The third-order valence-electron chi connectivity index (χ3n) is 3.40. The summed E-state index contributed by atoms with van der Waals surface area (Å²) in [7, 11) is 1.36. The highest BCUT2D eigenvalue weighted by molar-refractivity contribution is 5.50. The predicted molar refractivity (Wildman–Crippen MR) is 64.1 cm³/mol. The maximum atomic E-state index is 13.7. The van der Waals surface area contributed by atoms with Gasteiger partial charge in [0.05, 0.1) is 7.11 Å². The Morgan fingerprint density at radius 1 is 1.59 bits per heavy atom. The highest BCUT2D eigenvalue weighted by Crippen LogP contribution is 2.35. The number of rotatable bonds is 3. The Balaban J connectivity index is 2.28. The molecule has 3 nitrogen and oxygen atoms in total. The average Bonchev–Trinajstić information content (AvgIpc) is 2.79. The number of nitrogens with one attached hydrogen (secondary N) is 1. The summed E-state index contributed by atoms with van der Waals surface area (Å²) in [5, 5.41) is 13.2. The number of hydrogen-bond donors (Lipinski definition) is 2. The molecule has 1 fully saturated rings. The molecule has 0 spiro atoms. The van der Waals surface area contributed by atoms with E-state index in [2.05, 4.69) is 5.32 Å². The third kappa shape index (κ3) is 2.36. The van der Waals surface area contributed by atoms with Crippen molar-refractivity contribution >= 4 is 0 Å². The van der Waals surface area contributed by atoms with E-state index in [1.165, 1.54) is 13.2 Å². The molecule has 4 heteroatoms. The van der Waals surface area contributed by atoms with Crippen LogP contribution in [-0.4, -0.2) is 24.8 Å². The van der Waals surface area contributed by atoms with Gasteiger partial charge >= 0.3 is 0 Å². The van der Waals surface area contributed by atoms with Crippen LogP contribution in [0, 0.1) is 12.7 Å². The molecule has 0 saturated carbocycles. The van der Waals surface area contributed by atoms with E-state index < -0.39 is 5.82 Å². The monoisotopic (exact) mass is 239 g/mol. The van der Waals surface area contributed by atoms with E-state index >= 15 is 0 Å². The lowest BCUT2D eigenvalue weighted by Crippen LogP contribution is -2.24. The van der Waals surface area contributed by atoms with Crippen molar-refractivity contribution in [2.45, 2.75) is 32.2 Å². The molecule has 1 unspecified atom stereocenters. The van der Waals surface area contributed by atoms with E-state index in [0.29, 0.717) is 11.6 Å². The average molecular weight is 239 g/mol. The standard InChI is InChI=1S/C13H18FNO2/c1-8-9(6-10-4-3-5-15-10)7-11(14)13(17-2)12(8)16/h7,10,15-16H,3-6H2,1-2H3. The molecule has 1 aromatic carbocycles. The fourth-order valence-corrected chi connectivity index (χ4v) is 2.36. The van der Waals surface area contributed by atoms with E-state index in [1.54, 1.807) is 6.92 Å². The zero-order chi connectivity index (χ0) is 12.4. The largest absolute Gasteiger partial charge is 0.504 e. The SMILES string of the molecule is COc1c(F)cc(CC2CCCN2)c(C)c1O. The lowest BCUT2D eigenvalue weighted by molar-refractivity contribution is 0.348. The summed E-state index contributed by atoms with van der Waals surface area (Å²) in [6.45, 7) is 2.82. The maximum absolute atomic E-state index is 13.7. The van der Waals surface area contributed by atoms with Crippen LogP contribution in [0.15, 0.2) is 6.07 Å². The topological polar surface area (TPSA) is 41.5 Å². The minimum atomic E-state index is -0.497. The molecule has 0 aromatic heterocycles. The van der Waals surface area contributed by atoms with Crippen LogP contribution in [0.1, 0.15) is 24.0 Å². The first-order valence-corrected chi connectivity index (χ1v) is 5.91. The van der Waals surface area contributed by atoms with Crippen molar-refractivity contribution in [3.8, 4) is 11.5 Å². The Kier molecular flexibility index (Phi) is 3.52. The minimum absolute atomic E-state index is 0.0642. The van der Waals surface area contributed by atoms with E-state index in [9.17, 15) is 9.50 Å². The first-order chi connectivity index (χ1) is 8.13. The van der Waals surface area contributed by atoms with Crippen LogP contribution >= 0.6 is 0 Å². The molecule has 2 rings (SSSR count). The van der Waals surface area contributed by atoms with Gasteiger partial charge in [0.15, 0.2) is 17.3 Å². The molecule has 17 heavy (non-hydrogen) atoms. The van der Waals surface area contributed by atoms with Gasteiger partial charge in [-0.05, 0) is 49.9 Å². The van der Waals surface area contributed by atoms with Gasteiger partial charge in [0.2, 0.25) is 0 Å². The summed E-state index contributed by atoms with van der Waals surface area (Å²) in [6.07, 6.45) is 3.02. The van der Waals surface area contributed by atoms with E-state index in [4.69, 9.17) is 4.74 Å². The van der Waals surface area contributed by atoms with Gasteiger partial charge in [0.25, 0.3) is 0 Å². The fraction of sp³-hybridized carbons (Fsp3) is 0.538. The Morgan fingerprint density at radius 2 is 2.35 bits per heavy atom. The Morgan fingerprint density at radius 3 is 2.94 bits per heavy atom. The van der Waals surface area contributed by atoms with Crippen molar-refractivity contribution in [1.29, 1.82) is 0 Å². The van der Waals surface area contributed by atoms with Crippen molar-refractivity contribution in [2.24, 2.45) is 0 Å². The smallest absolute Gasteiger partial charge is 0.196 e. The van der Waals surface area contributed by atoms with E-state index in [-0.39, 0.29) is 11.5 Å². The number of halogens is 1. The van der Waals surface area contributed by atoms with Crippen LogP contribution in [-0.2, 0) is 6.42 Å². The molecule has 94 valence electrons. The molecule has 1 aliphatic heterocycles. The molecule has 1 heterocycles. The van der Waals surface area contributed by atoms with Crippen LogP contribution in [0.25, 0.3) is 0 Å². The number of phenolic OH excluding ortho intramolecular Hbond substituents is 1. The van der Waals surface area contributed by atoms with Gasteiger partial charge in [-0.1, -0.05) is 0 Å². The normalized spacial score (nSPS) is 19.6. The van der Waals surface area contributed by atoms with Crippen molar-refractivity contribution in [3.05, 3.63) is 23.0 Å². The molecule has 1 aromatic rings. The molecule has 2 N–H and O–H groups in total. The second-order valence-corrected chi connectivity index (χ2v) is 4.52. The van der Waals surface area contributed by atoms with Gasteiger partial charge in [-0.25, -0.2) is 4.39 Å². The lowest BCUT2D eigenvalue weighted by Gasteiger charge is -2.15. The second kappa shape index (κ2) is 4.92. The zero-order valence-corrected chi connectivity index (χ0v) is 10.2. The Hall–Kier alpha value is -1.29. The highest BCUT2D eigenvalue weighted by Gasteiger charge is 2.20. The lowest BCUT2D eigenvalue weighted by atomic mass is 9.99. The maximum Gasteiger partial charge on any atom is 0.196 e. The Bertz CT molecular complexity index is 414. The molecular weight excluding hydrogens is 221 g/mol. The van der Waals surface area contributed by atoms with Crippen molar-refractivity contribution in [2.75, 3.05) is 13.7 Å². The zero-order valence-electron chi connectivity index (χ0n) is 10.2. The van der Waals surface area contributed by atoms with Crippen LogP contribution in [0.2, 0.25) is 0 Å². The number of benzene rings is 1. The molecule has 0 bridgehead atoms. The van der Waals surface area contributed by atoms with Crippen LogP contribution in [0.4, 0.5) is 4.39 Å². The highest BCUT2D eigenvalue weighted by atomic mass is 19.1. The van der Waals surface area contributed by atoms with Gasteiger partial charge < -0.3 is 15.2 Å². The summed E-state index contributed by atoms with van der Waals surface area (Å²) in [5.74, 6) is -0.644. The minimum Gasteiger partial charge on any atom is -0.504 e. The number of hydrogen-bond acceptors (Lipinski definition) is 3. The summed E-state index contributed by atoms with van der Waals surface area (Å²) in [6, 6.07) is 1.86. The summed E-state index contributed by atoms with van der Waals surface area (Å²) >= 11 is 0. The summed E-state index contributed by atoms with van der Waals surface area (Å²) < 4.78 is 18.5. The second-order valence-electron chi connectivity index (χ2n) is 4.52. The van der Waals surface area contributed by atoms with Gasteiger partial charge in [-0.15, -0.1) is 0 Å². The fourth-order valence-electron chi connectivity index (χ4n) is 2.36. The van der Waals surface area contributed by atoms with Gasteiger partial charge in [0, 0.05) is 6.04 Å². The Labute approximate surface area is 101 Å². The van der Waals surface area contributed by atoms with Crippen molar-refractivity contribution in [1.82, 2.24) is 5.32 Å². The molecule has 0 radical (unpaired) electrons. The number of methoxy groups -OCH3 is 1.